The lowest BCUT2D eigenvalue weighted by atomic mass is 9.80. The summed E-state index contributed by atoms with van der Waals surface area (Å²) in [5.41, 5.74) is 2.17. The first-order valence-electron chi connectivity index (χ1n) is 13.2. The van der Waals surface area contributed by atoms with Crippen molar-refractivity contribution in [1.29, 1.82) is 0 Å². The van der Waals surface area contributed by atoms with Crippen molar-refractivity contribution in [3.05, 3.63) is 94.4 Å². The summed E-state index contributed by atoms with van der Waals surface area (Å²) in [5.74, 6) is 0.629. The largest absolute Gasteiger partial charge is 0.438 e. The fourth-order valence-corrected chi connectivity index (χ4v) is 5.45. The first kappa shape index (κ1) is 25.3. The lowest BCUT2D eigenvalue weighted by molar-refractivity contribution is -0.101. The topological polar surface area (TPSA) is 71.8 Å². The normalized spacial score (nSPS) is 21.0. The molecule has 1 aromatic heterocycles. The monoisotopic (exact) mass is 500 g/mol. The molecule has 2 aliphatic rings. The summed E-state index contributed by atoms with van der Waals surface area (Å²) in [4.78, 5) is 27.3. The molecular formula is C31H36N2O4. The van der Waals surface area contributed by atoms with Gasteiger partial charge in [0.15, 0.2) is 0 Å². The number of hydrogen-bond donors (Lipinski definition) is 1. The van der Waals surface area contributed by atoms with Crippen molar-refractivity contribution in [3.63, 3.8) is 0 Å². The van der Waals surface area contributed by atoms with Crippen molar-refractivity contribution in [2.24, 2.45) is 5.92 Å². The summed E-state index contributed by atoms with van der Waals surface area (Å²) in [6.07, 6.45) is 4.90. The van der Waals surface area contributed by atoms with E-state index in [-0.39, 0.29) is 17.7 Å². The second-order valence-corrected chi connectivity index (χ2v) is 11.3. The molecule has 1 aliphatic heterocycles. The van der Waals surface area contributed by atoms with Crippen molar-refractivity contribution >= 4 is 6.09 Å². The Balaban J connectivity index is 1.32. The molecular weight excluding hydrogens is 464 g/mol. The molecule has 5 rings (SSSR count). The van der Waals surface area contributed by atoms with Gasteiger partial charge in [-0.3, -0.25) is 4.79 Å². The highest BCUT2D eigenvalue weighted by molar-refractivity contribution is 5.70. The summed E-state index contributed by atoms with van der Waals surface area (Å²) in [6.45, 7) is 6.83. The van der Waals surface area contributed by atoms with Crippen LogP contribution in [-0.4, -0.2) is 32.8 Å². The zero-order chi connectivity index (χ0) is 26.2. The summed E-state index contributed by atoms with van der Waals surface area (Å²) < 4.78 is 7.96. The number of carbonyl (C=O) groups is 1. The molecule has 1 unspecified atom stereocenters. The average Bonchev–Trinajstić information content (AvgIpc) is 3.69. The van der Waals surface area contributed by atoms with Gasteiger partial charge in [-0.1, -0.05) is 54.6 Å². The molecule has 2 fully saturated rings. The Morgan fingerprint density at radius 3 is 2.30 bits per heavy atom. The molecule has 1 N–H and O–H groups in total. The smallest absolute Gasteiger partial charge is 0.411 e. The third-order valence-corrected chi connectivity index (χ3v) is 7.62. The lowest BCUT2D eigenvalue weighted by Crippen LogP contribution is -2.51. The zero-order valence-corrected chi connectivity index (χ0v) is 21.9. The SMILES string of the molecule is CC(c1ccc(-c2ccc(=O)n(CC3CC3)c2)cc1)N1CC[C@](CC(C)(C)O)(c2ccccc2)OC1=O. The van der Waals surface area contributed by atoms with Gasteiger partial charge in [-0.2, -0.15) is 0 Å². The predicted octanol–water partition coefficient (Wildman–Crippen LogP) is 5.89. The Hall–Kier alpha value is -3.38. The molecule has 3 aromatic rings. The molecule has 6 heteroatoms. The highest BCUT2D eigenvalue weighted by atomic mass is 16.6. The summed E-state index contributed by atoms with van der Waals surface area (Å²) in [6, 6.07) is 21.3. The molecule has 37 heavy (non-hydrogen) atoms. The Morgan fingerprint density at radius 2 is 1.68 bits per heavy atom. The summed E-state index contributed by atoms with van der Waals surface area (Å²) in [7, 11) is 0. The first-order chi connectivity index (χ1) is 17.6. The minimum absolute atomic E-state index is 0.0423. The van der Waals surface area contributed by atoms with Gasteiger partial charge in [0, 0.05) is 38.2 Å². The maximum atomic E-state index is 13.3. The zero-order valence-electron chi connectivity index (χ0n) is 21.9. The fraction of sp³-hybridized carbons (Fsp3) is 0.419. The molecule has 2 heterocycles. The number of rotatable bonds is 8. The number of amides is 1. The number of pyridine rings is 1. The third-order valence-electron chi connectivity index (χ3n) is 7.62. The van der Waals surface area contributed by atoms with Crippen LogP contribution in [0.5, 0.6) is 0 Å². The van der Waals surface area contributed by atoms with Crippen LogP contribution >= 0.6 is 0 Å². The summed E-state index contributed by atoms with van der Waals surface area (Å²) in [5, 5.41) is 10.6. The maximum absolute atomic E-state index is 13.3. The van der Waals surface area contributed by atoms with E-state index in [1.807, 2.05) is 78.4 Å². The number of nitrogens with zero attached hydrogens (tertiary/aromatic N) is 2. The number of cyclic esters (lactones) is 1. The second kappa shape index (κ2) is 9.82. The molecule has 0 bridgehead atoms. The van der Waals surface area contributed by atoms with E-state index in [2.05, 4.69) is 0 Å². The van der Waals surface area contributed by atoms with E-state index in [4.69, 9.17) is 4.74 Å². The second-order valence-electron chi connectivity index (χ2n) is 11.3. The van der Waals surface area contributed by atoms with E-state index in [9.17, 15) is 14.7 Å². The number of aliphatic hydroxyl groups is 1. The molecule has 1 amide bonds. The van der Waals surface area contributed by atoms with Gasteiger partial charge in [0.2, 0.25) is 0 Å². The van der Waals surface area contributed by atoms with E-state index < -0.39 is 11.2 Å². The number of benzene rings is 2. The van der Waals surface area contributed by atoms with E-state index >= 15 is 0 Å². The molecule has 2 atom stereocenters. The molecule has 0 spiro atoms. The van der Waals surface area contributed by atoms with Gasteiger partial charge in [0.25, 0.3) is 5.56 Å². The fourth-order valence-electron chi connectivity index (χ4n) is 5.45. The van der Waals surface area contributed by atoms with Gasteiger partial charge in [-0.15, -0.1) is 0 Å². The van der Waals surface area contributed by atoms with Gasteiger partial charge < -0.3 is 19.3 Å². The van der Waals surface area contributed by atoms with Crippen LogP contribution in [-0.2, 0) is 16.9 Å². The predicted molar refractivity (Wildman–Crippen MR) is 144 cm³/mol. The molecule has 194 valence electrons. The molecule has 1 aliphatic carbocycles. The number of carbonyl (C=O) groups excluding carboxylic acids is 1. The summed E-state index contributed by atoms with van der Waals surface area (Å²) >= 11 is 0. The lowest BCUT2D eigenvalue weighted by Gasteiger charge is -2.45. The van der Waals surface area contributed by atoms with Crippen LogP contribution in [0.1, 0.15) is 63.6 Å². The van der Waals surface area contributed by atoms with Crippen LogP contribution in [0.2, 0.25) is 0 Å². The molecule has 0 radical (unpaired) electrons. The Morgan fingerprint density at radius 1 is 1.00 bits per heavy atom. The van der Waals surface area contributed by atoms with Gasteiger partial charge in [-0.05, 0) is 67.9 Å². The van der Waals surface area contributed by atoms with Gasteiger partial charge in [-0.25, -0.2) is 4.79 Å². The Bertz CT molecular complexity index is 1310. The van der Waals surface area contributed by atoms with Gasteiger partial charge in [0.1, 0.15) is 5.60 Å². The van der Waals surface area contributed by atoms with Crippen LogP contribution in [0.25, 0.3) is 11.1 Å². The van der Waals surface area contributed by atoms with Crippen LogP contribution < -0.4 is 5.56 Å². The quantitative estimate of drug-likeness (QED) is 0.419. The maximum Gasteiger partial charge on any atom is 0.411 e. The third kappa shape index (κ3) is 5.64. The van der Waals surface area contributed by atoms with Crippen molar-refractivity contribution in [2.45, 2.75) is 70.2 Å². The van der Waals surface area contributed by atoms with E-state index in [1.165, 1.54) is 12.8 Å². The first-order valence-corrected chi connectivity index (χ1v) is 13.2. The number of hydrogen-bond acceptors (Lipinski definition) is 4. The minimum Gasteiger partial charge on any atom is -0.438 e. The molecule has 1 saturated carbocycles. The van der Waals surface area contributed by atoms with Crippen molar-refractivity contribution < 1.29 is 14.6 Å². The molecule has 6 nitrogen and oxygen atoms in total. The van der Waals surface area contributed by atoms with E-state index in [1.54, 1.807) is 24.8 Å². The number of ether oxygens (including phenoxy) is 1. The van der Waals surface area contributed by atoms with Crippen molar-refractivity contribution in [2.75, 3.05) is 6.54 Å². The average molecular weight is 501 g/mol. The standard InChI is InChI=1S/C31H36N2O4/c1-22(24-11-13-25(14-12-24)26-15-16-28(34)32(20-26)19-23-9-10-23)33-18-17-31(37-29(33)35,21-30(2,3)36)27-7-5-4-6-8-27/h4-8,11-16,20,22-23,36H,9-10,17-19,21H2,1-3H3/t22?,31-/m0/s1. The van der Waals surface area contributed by atoms with Crippen LogP contribution in [0.15, 0.2) is 77.7 Å². The van der Waals surface area contributed by atoms with Crippen molar-refractivity contribution in [1.82, 2.24) is 9.47 Å². The molecule has 2 aromatic carbocycles. The van der Waals surface area contributed by atoms with Crippen molar-refractivity contribution in [3.8, 4) is 11.1 Å². The molecule has 1 saturated heterocycles. The van der Waals surface area contributed by atoms with E-state index in [0.717, 1.165) is 28.8 Å². The van der Waals surface area contributed by atoms with Crippen LogP contribution in [0.4, 0.5) is 4.79 Å². The van der Waals surface area contributed by atoms with Gasteiger partial charge in [0.05, 0.1) is 11.6 Å². The highest BCUT2D eigenvalue weighted by Gasteiger charge is 2.46. The Kier molecular flexibility index (Phi) is 6.71. The van der Waals surface area contributed by atoms with Gasteiger partial charge >= 0.3 is 6.09 Å². The van der Waals surface area contributed by atoms with E-state index in [0.29, 0.717) is 25.3 Å². The van der Waals surface area contributed by atoms with Crippen LogP contribution in [0, 0.1) is 5.92 Å². The minimum atomic E-state index is -0.985. The van der Waals surface area contributed by atoms with Crippen LogP contribution in [0.3, 0.4) is 0 Å². The highest BCUT2D eigenvalue weighted by Crippen LogP contribution is 2.42. The Labute approximate surface area is 218 Å². The number of aromatic nitrogens is 1.